The Hall–Kier alpha value is -1.36. The first kappa shape index (κ1) is 9.21. The van der Waals surface area contributed by atoms with Crippen molar-refractivity contribution in [2.24, 2.45) is 16.8 Å². The number of thiophene rings is 1. The van der Waals surface area contributed by atoms with E-state index in [9.17, 15) is 4.79 Å². The van der Waals surface area contributed by atoms with Crippen molar-refractivity contribution >= 4 is 23.1 Å². The lowest BCUT2D eigenvalue weighted by atomic mass is 10.1. The standard InChI is InChI=1S/C9H11N3OS/c1-5-4-7-6(2-3-14-7)8(5)11-12-9(10)13/h2-3,5H,4H2,1H3,(H3,10,12,13)/b11-8-. The minimum atomic E-state index is -0.617. The van der Waals surface area contributed by atoms with Crippen LogP contribution < -0.4 is 11.2 Å². The Labute approximate surface area is 85.8 Å². The molecule has 0 radical (unpaired) electrons. The van der Waals surface area contributed by atoms with Crippen molar-refractivity contribution in [2.75, 3.05) is 0 Å². The van der Waals surface area contributed by atoms with Gasteiger partial charge in [-0.3, -0.25) is 0 Å². The fraction of sp³-hybridized carbons (Fsp3) is 0.333. The maximum Gasteiger partial charge on any atom is 0.332 e. The number of nitrogens with zero attached hydrogens (tertiary/aromatic N) is 1. The Kier molecular flexibility index (Phi) is 2.25. The molecule has 0 bridgehead atoms. The van der Waals surface area contributed by atoms with Crippen molar-refractivity contribution in [1.82, 2.24) is 5.43 Å². The van der Waals surface area contributed by atoms with Crippen LogP contribution in [0.3, 0.4) is 0 Å². The van der Waals surface area contributed by atoms with Crippen molar-refractivity contribution < 1.29 is 4.79 Å². The van der Waals surface area contributed by atoms with Crippen LogP contribution in [0.2, 0.25) is 0 Å². The molecule has 2 rings (SSSR count). The molecule has 1 aliphatic rings. The van der Waals surface area contributed by atoms with Crippen LogP contribution >= 0.6 is 11.3 Å². The van der Waals surface area contributed by atoms with Gasteiger partial charge in [-0.15, -0.1) is 11.3 Å². The number of hydrogen-bond acceptors (Lipinski definition) is 3. The van der Waals surface area contributed by atoms with Crippen LogP contribution in [-0.2, 0) is 6.42 Å². The van der Waals surface area contributed by atoms with Crippen molar-refractivity contribution in [3.63, 3.8) is 0 Å². The molecule has 1 aliphatic carbocycles. The maximum atomic E-state index is 10.5. The number of carbonyl (C=O) groups excluding carboxylic acids is 1. The largest absolute Gasteiger partial charge is 0.350 e. The van der Waals surface area contributed by atoms with Crippen LogP contribution in [0.15, 0.2) is 16.5 Å². The molecule has 3 N–H and O–H groups in total. The van der Waals surface area contributed by atoms with E-state index >= 15 is 0 Å². The molecule has 5 heteroatoms. The Balaban J connectivity index is 2.27. The summed E-state index contributed by atoms with van der Waals surface area (Å²) >= 11 is 1.73. The second kappa shape index (κ2) is 3.42. The molecule has 74 valence electrons. The smallest absolute Gasteiger partial charge is 0.332 e. The fourth-order valence-corrected chi connectivity index (χ4v) is 2.67. The van der Waals surface area contributed by atoms with Crippen LogP contribution in [0.5, 0.6) is 0 Å². The first-order valence-electron chi connectivity index (χ1n) is 4.38. The first-order valence-corrected chi connectivity index (χ1v) is 5.26. The predicted molar refractivity (Wildman–Crippen MR) is 56.4 cm³/mol. The minimum Gasteiger partial charge on any atom is -0.350 e. The molecule has 0 saturated heterocycles. The second-order valence-corrected chi connectivity index (χ2v) is 4.34. The highest BCUT2D eigenvalue weighted by Gasteiger charge is 2.26. The van der Waals surface area contributed by atoms with E-state index in [-0.39, 0.29) is 0 Å². The number of amides is 2. The molecule has 14 heavy (non-hydrogen) atoms. The zero-order chi connectivity index (χ0) is 10.1. The Bertz CT molecular complexity index is 397. The van der Waals surface area contributed by atoms with Crippen LogP contribution in [0, 0.1) is 5.92 Å². The molecule has 0 aliphatic heterocycles. The molecule has 1 heterocycles. The molecule has 2 amide bonds. The summed E-state index contributed by atoms with van der Waals surface area (Å²) in [5, 5.41) is 6.05. The van der Waals surface area contributed by atoms with Crippen molar-refractivity contribution in [1.29, 1.82) is 0 Å². The zero-order valence-electron chi connectivity index (χ0n) is 7.78. The van der Waals surface area contributed by atoms with E-state index in [4.69, 9.17) is 5.73 Å². The molecule has 1 aromatic rings. The van der Waals surface area contributed by atoms with Gasteiger partial charge in [0.2, 0.25) is 0 Å². The van der Waals surface area contributed by atoms with E-state index in [1.807, 2.05) is 11.4 Å². The molecule has 0 spiro atoms. The van der Waals surface area contributed by atoms with Gasteiger partial charge in [-0.05, 0) is 17.9 Å². The molecule has 1 unspecified atom stereocenters. The van der Waals surface area contributed by atoms with Gasteiger partial charge in [0.1, 0.15) is 0 Å². The third kappa shape index (κ3) is 1.50. The van der Waals surface area contributed by atoms with Gasteiger partial charge in [0, 0.05) is 16.4 Å². The molecular formula is C9H11N3OS. The zero-order valence-corrected chi connectivity index (χ0v) is 8.60. The van der Waals surface area contributed by atoms with Gasteiger partial charge < -0.3 is 5.73 Å². The topological polar surface area (TPSA) is 67.5 Å². The SMILES string of the molecule is CC1Cc2sccc2/C1=N\NC(N)=O. The predicted octanol–water partition coefficient (Wildman–Crippen LogP) is 1.31. The normalized spacial score (nSPS) is 22.4. The van der Waals surface area contributed by atoms with E-state index in [2.05, 4.69) is 17.5 Å². The molecule has 1 atom stereocenters. The van der Waals surface area contributed by atoms with Crippen LogP contribution in [-0.4, -0.2) is 11.7 Å². The molecular weight excluding hydrogens is 198 g/mol. The average Bonchev–Trinajstić information content (AvgIpc) is 2.61. The lowest BCUT2D eigenvalue weighted by molar-refractivity contribution is 0.249. The number of nitrogens with two attached hydrogens (primary N) is 1. The quantitative estimate of drug-likeness (QED) is 0.673. The van der Waals surface area contributed by atoms with Crippen molar-refractivity contribution in [3.05, 3.63) is 21.9 Å². The molecule has 0 fully saturated rings. The van der Waals surface area contributed by atoms with Gasteiger partial charge >= 0.3 is 6.03 Å². The number of hydrogen-bond donors (Lipinski definition) is 2. The van der Waals surface area contributed by atoms with Crippen LogP contribution in [0.1, 0.15) is 17.4 Å². The minimum absolute atomic E-state index is 0.365. The van der Waals surface area contributed by atoms with E-state index in [0.717, 1.165) is 17.7 Å². The van der Waals surface area contributed by atoms with Gasteiger partial charge in [0.05, 0.1) is 5.71 Å². The number of carbonyl (C=O) groups is 1. The van der Waals surface area contributed by atoms with Gasteiger partial charge in [0.15, 0.2) is 0 Å². The van der Waals surface area contributed by atoms with Crippen molar-refractivity contribution in [3.8, 4) is 0 Å². The Morgan fingerprint density at radius 1 is 1.79 bits per heavy atom. The maximum absolute atomic E-state index is 10.5. The summed E-state index contributed by atoms with van der Waals surface area (Å²) in [6, 6.07) is 1.42. The summed E-state index contributed by atoms with van der Waals surface area (Å²) < 4.78 is 0. The van der Waals surface area contributed by atoms with Gasteiger partial charge in [-0.25, -0.2) is 10.2 Å². The summed E-state index contributed by atoms with van der Waals surface area (Å²) in [6.07, 6.45) is 1.01. The molecule has 4 nitrogen and oxygen atoms in total. The highest BCUT2D eigenvalue weighted by atomic mass is 32.1. The number of nitrogens with one attached hydrogen (secondary N) is 1. The summed E-state index contributed by atoms with van der Waals surface area (Å²) in [4.78, 5) is 11.9. The Morgan fingerprint density at radius 3 is 3.29 bits per heavy atom. The number of urea groups is 1. The Morgan fingerprint density at radius 2 is 2.57 bits per heavy atom. The van der Waals surface area contributed by atoms with E-state index in [1.165, 1.54) is 4.88 Å². The van der Waals surface area contributed by atoms with Gasteiger partial charge in [-0.2, -0.15) is 5.10 Å². The third-order valence-electron chi connectivity index (χ3n) is 2.27. The summed E-state index contributed by atoms with van der Waals surface area (Å²) in [7, 11) is 0. The summed E-state index contributed by atoms with van der Waals surface area (Å²) in [5.41, 5.74) is 9.32. The van der Waals surface area contributed by atoms with E-state index in [0.29, 0.717) is 5.92 Å². The van der Waals surface area contributed by atoms with Crippen LogP contribution in [0.25, 0.3) is 0 Å². The summed E-state index contributed by atoms with van der Waals surface area (Å²) in [5.74, 6) is 0.365. The highest BCUT2D eigenvalue weighted by Crippen LogP contribution is 2.31. The van der Waals surface area contributed by atoms with Gasteiger partial charge in [0.25, 0.3) is 0 Å². The van der Waals surface area contributed by atoms with E-state index < -0.39 is 6.03 Å². The molecule has 0 saturated carbocycles. The number of primary amides is 1. The van der Waals surface area contributed by atoms with E-state index in [1.54, 1.807) is 11.3 Å². The number of rotatable bonds is 1. The summed E-state index contributed by atoms with van der Waals surface area (Å²) in [6.45, 7) is 2.09. The van der Waals surface area contributed by atoms with Crippen molar-refractivity contribution in [2.45, 2.75) is 13.3 Å². The fourth-order valence-electron chi connectivity index (χ4n) is 1.65. The lowest BCUT2D eigenvalue weighted by Gasteiger charge is -2.03. The first-order chi connectivity index (χ1) is 6.68. The second-order valence-electron chi connectivity index (χ2n) is 3.34. The average molecular weight is 209 g/mol. The highest BCUT2D eigenvalue weighted by molar-refractivity contribution is 7.10. The molecule has 0 aromatic carbocycles. The van der Waals surface area contributed by atoms with Gasteiger partial charge in [-0.1, -0.05) is 6.92 Å². The number of fused-ring (bicyclic) bond motifs is 1. The molecule has 1 aromatic heterocycles. The monoisotopic (exact) mass is 209 g/mol. The lowest BCUT2D eigenvalue weighted by Crippen LogP contribution is -2.26. The third-order valence-corrected chi connectivity index (χ3v) is 3.21. The number of hydrazone groups is 1. The van der Waals surface area contributed by atoms with Crippen LogP contribution in [0.4, 0.5) is 4.79 Å².